The van der Waals surface area contributed by atoms with Gasteiger partial charge in [-0.3, -0.25) is 4.79 Å². The maximum atomic E-state index is 14.6. The van der Waals surface area contributed by atoms with Gasteiger partial charge in [-0.05, 0) is 36.3 Å². The number of rotatable bonds is 8. The van der Waals surface area contributed by atoms with Crippen LogP contribution in [0.4, 0.5) is 0 Å². The lowest BCUT2D eigenvalue weighted by Gasteiger charge is -2.44. The third kappa shape index (κ3) is 7.39. The SMILES string of the molecule is CC(C)(C)[Si](C)(C)OC1CC(=CCP(=O)(c2ccccc2)c2ccccc2)CC(O[Si](C)(C)C(C)(C)C)C1=O. The zero-order chi connectivity index (χ0) is 29.3. The smallest absolute Gasteiger partial charge is 0.193 e. The van der Waals surface area contributed by atoms with E-state index in [1.165, 1.54) is 0 Å². The summed E-state index contributed by atoms with van der Waals surface area (Å²) in [7, 11) is -7.31. The molecule has 0 aliphatic heterocycles. The molecule has 0 heterocycles. The van der Waals surface area contributed by atoms with E-state index in [4.69, 9.17) is 8.85 Å². The fourth-order valence-corrected chi connectivity index (χ4v) is 9.43. The zero-order valence-electron chi connectivity index (χ0n) is 25.7. The normalized spacial score (nSPS) is 19.7. The van der Waals surface area contributed by atoms with E-state index < -0.39 is 36.0 Å². The van der Waals surface area contributed by atoms with E-state index >= 15 is 0 Å². The first-order valence-electron chi connectivity index (χ1n) is 14.1. The molecule has 214 valence electrons. The van der Waals surface area contributed by atoms with E-state index in [0.717, 1.165) is 16.2 Å². The minimum Gasteiger partial charge on any atom is -0.406 e. The Labute approximate surface area is 239 Å². The average molecular weight is 585 g/mol. The second-order valence-electron chi connectivity index (χ2n) is 14.0. The van der Waals surface area contributed by atoms with Crippen molar-refractivity contribution in [3.63, 3.8) is 0 Å². The Kier molecular flexibility index (Phi) is 9.62. The molecule has 2 atom stereocenters. The van der Waals surface area contributed by atoms with Crippen LogP contribution in [0.15, 0.2) is 72.3 Å². The highest BCUT2D eigenvalue weighted by Crippen LogP contribution is 2.45. The number of Topliss-reactive ketones (excluding diaryl/α,β-unsaturated/α-hetero) is 1. The van der Waals surface area contributed by atoms with E-state index in [9.17, 15) is 9.36 Å². The number of carbonyl (C=O) groups excluding carboxylic acids is 1. The Morgan fingerprint density at radius 3 is 1.44 bits per heavy atom. The van der Waals surface area contributed by atoms with E-state index in [1.54, 1.807) is 0 Å². The van der Waals surface area contributed by atoms with Gasteiger partial charge in [0.2, 0.25) is 0 Å². The van der Waals surface area contributed by atoms with Crippen LogP contribution in [0.2, 0.25) is 36.3 Å². The second kappa shape index (κ2) is 11.7. The average Bonchev–Trinajstić information content (AvgIpc) is 2.84. The molecule has 0 radical (unpaired) electrons. The first-order valence-corrected chi connectivity index (χ1v) is 21.9. The molecule has 2 aromatic rings. The van der Waals surface area contributed by atoms with Gasteiger partial charge in [-0.15, -0.1) is 0 Å². The molecule has 1 saturated carbocycles. The molecule has 0 spiro atoms. The summed E-state index contributed by atoms with van der Waals surface area (Å²) in [5, 5.41) is 1.67. The van der Waals surface area contributed by atoms with Crippen LogP contribution in [-0.4, -0.2) is 40.8 Å². The van der Waals surface area contributed by atoms with Crippen LogP contribution in [0.1, 0.15) is 54.4 Å². The van der Waals surface area contributed by atoms with Crippen molar-refractivity contribution < 1.29 is 18.2 Å². The Morgan fingerprint density at radius 2 is 1.10 bits per heavy atom. The van der Waals surface area contributed by atoms with Gasteiger partial charge in [0.1, 0.15) is 19.3 Å². The Bertz CT molecular complexity index is 1120. The second-order valence-corrected chi connectivity index (χ2v) is 26.4. The van der Waals surface area contributed by atoms with Crippen molar-refractivity contribution in [3.05, 3.63) is 72.3 Å². The van der Waals surface area contributed by atoms with Crippen molar-refractivity contribution in [1.82, 2.24) is 0 Å². The molecule has 1 aliphatic carbocycles. The summed E-state index contributed by atoms with van der Waals surface area (Å²) in [6, 6.07) is 19.5. The summed E-state index contributed by atoms with van der Waals surface area (Å²) in [6.07, 6.45) is 2.53. The summed E-state index contributed by atoms with van der Waals surface area (Å²) in [5.41, 5.74) is 1.11. The van der Waals surface area contributed by atoms with Crippen molar-refractivity contribution in [2.75, 3.05) is 6.16 Å². The number of hydrogen-bond acceptors (Lipinski definition) is 4. The summed E-state index contributed by atoms with van der Waals surface area (Å²) >= 11 is 0. The predicted molar refractivity (Wildman–Crippen MR) is 171 cm³/mol. The zero-order valence-corrected chi connectivity index (χ0v) is 28.6. The highest BCUT2D eigenvalue weighted by molar-refractivity contribution is 7.78. The number of benzene rings is 2. The maximum absolute atomic E-state index is 14.6. The fraction of sp³-hybridized carbons (Fsp3) is 0.531. The van der Waals surface area contributed by atoms with Crippen LogP contribution >= 0.6 is 7.14 Å². The minimum atomic E-state index is -2.91. The first-order chi connectivity index (χ1) is 17.9. The van der Waals surface area contributed by atoms with Gasteiger partial charge >= 0.3 is 0 Å². The van der Waals surface area contributed by atoms with Crippen LogP contribution in [-0.2, 0) is 18.2 Å². The minimum absolute atomic E-state index is 0.0132. The molecule has 2 unspecified atom stereocenters. The highest BCUT2D eigenvalue weighted by Gasteiger charge is 2.47. The molecule has 39 heavy (non-hydrogen) atoms. The lowest BCUT2D eigenvalue weighted by atomic mass is 9.89. The van der Waals surface area contributed by atoms with E-state index in [0.29, 0.717) is 19.0 Å². The van der Waals surface area contributed by atoms with Crippen molar-refractivity contribution in [3.8, 4) is 0 Å². The van der Waals surface area contributed by atoms with Gasteiger partial charge < -0.3 is 13.4 Å². The van der Waals surface area contributed by atoms with Gasteiger partial charge in [0.05, 0.1) is 0 Å². The lowest BCUT2D eigenvalue weighted by molar-refractivity contribution is -0.135. The predicted octanol–water partition coefficient (Wildman–Crippen LogP) is 8.07. The number of allylic oxidation sites excluding steroid dienone is 1. The molecule has 0 saturated heterocycles. The molecule has 0 amide bonds. The van der Waals surface area contributed by atoms with Gasteiger partial charge in [0, 0.05) is 29.6 Å². The lowest BCUT2D eigenvalue weighted by Crippen LogP contribution is -2.53. The van der Waals surface area contributed by atoms with Crippen LogP contribution in [0.5, 0.6) is 0 Å². The van der Waals surface area contributed by atoms with E-state index in [2.05, 4.69) is 73.8 Å². The van der Waals surface area contributed by atoms with Crippen LogP contribution in [0.25, 0.3) is 0 Å². The number of carbonyl (C=O) groups is 1. The van der Waals surface area contributed by atoms with Crippen LogP contribution < -0.4 is 10.6 Å². The Morgan fingerprint density at radius 1 is 0.744 bits per heavy atom. The maximum Gasteiger partial charge on any atom is 0.193 e. The summed E-state index contributed by atoms with van der Waals surface area (Å²) in [6.45, 7) is 22.0. The van der Waals surface area contributed by atoms with Gasteiger partial charge in [-0.1, -0.05) is 114 Å². The summed E-state index contributed by atoms with van der Waals surface area (Å²) in [4.78, 5) is 13.8. The van der Waals surface area contributed by atoms with Crippen molar-refractivity contribution in [2.45, 2.75) is 103 Å². The standard InChI is InChI=1S/C32H49O4PSi2/c1-31(2,3)38(7,8)35-28-23-25(24-29(30(28)33)36-39(9,10)32(4,5)6)21-22-37(34,26-17-13-11-14-18-26)27-19-15-12-16-20-27/h11-21,28-29H,22-24H2,1-10H3. The topological polar surface area (TPSA) is 52.6 Å². The number of hydrogen-bond donors (Lipinski definition) is 0. The third-order valence-corrected chi connectivity index (χ3v) is 20.9. The molecule has 0 aromatic heterocycles. The molecule has 4 nitrogen and oxygen atoms in total. The molecule has 2 aromatic carbocycles. The van der Waals surface area contributed by atoms with Gasteiger partial charge in [0.15, 0.2) is 22.4 Å². The molecule has 0 N–H and O–H groups in total. The molecular weight excluding hydrogens is 535 g/mol. The molecule has 1 fully saturated rings. The van der Waals surface area contributed by atoms with Gasteiger partial charge in [-0.2, -0.15) is 0 Å². The molecular formula is C32H49O4PSi2. The van der Waals surface area contributed by atoms with Gasteiger partial charge in [0.25, 0.3) is 0 Å². The molecule has 7 heteroatoms. The van der Waals surface area contributed by atoms with Crippen LogP contribution in [0, 0.1) is 0 Å². The quantitative estimate of drug-likeness (QED) is 0.179. The number of ketones is 1. The molecule has 3 rings (SSSR count). The first kappa shape index (κ1) is 32.0. The fourth-order valence-electron chi connectivity index (χ4n) is 4.35. The highest BCUT2D eigenvalue weighted by atomic mass is 31.2. The van der Waals surface area contributed by atoms with Gasteiger partial charge in [-0.25, -0.2) is 0 Å². The monoisotopic (exact) mass is 584 g/mol. The van der Waals surface area contributed by atoms with E-state index in [1.807, 2.05) is 60.7 Å². The third-order valence-electron chi connectivity index (χ3n) is 9.00. The van der Waals surface area contributed by atoms with Crippen molar-refractivity contribution >= 4 is 40.2 Å². The summed E-state index contributed by atoms with van der Waals surface area (Å²) < 4.78 is 28.1. The largest absolute Gasteiger partial charge is 0.406 e. The summed E-state index contributed by atoms with van der Waals surface area (Å²) in [5.74, 6) is 0.0658. The Hall–Kier alpha value is -1.57. The van der Waals surface area contributed by atoms with E-state index in [-0.39, 0.29) is 15.9 Å². The Balaban J connectivity index is 2.00. The molecule has 0 bridgehead atoms. The molecule has 1 aliphatic rings. The van der Waals surface area contributed by atoms with Crippen LogP contribution in [0.3, 0.4) is 0 Å². The van der Waals surface area contributed by atoms with Crippen molar-refractivity contribution in [2.24, 2.45) is 0 Å². The van der Waals surface area contributed by atoms with Crippen molar-refractivity contribution in [1.29, 1.82) is 0 Å².